The predicted octanol–water partition coefficient (Wildman–Crippen LogP) is 1.58. The highest BCUT2D eigenvalue weighted by molar-refractivity contribution is 5.82. The van der Waals surface area contributed by atoms with Crippen molar-refractivity contribution in [1.29, 1.82) is 0 Å². The highest BCUT2D eigenvalue weighted by Crippen LogP contribution is 2.18. The van der Waals surface area contributed by atoms with Crippen molar-refractivity contribution in [3.05, 3.63) is 0 Å². The third-order valence-corrected chi connectivity index (χ3v) is 3.58. The number of hydrogen-bond donors (Lipinski definition) is 2. The maximum Gasteiger partial charge on any atom is 0.237 e. The van der Waals surface area contributed by atoms with Gasteiger partial charge in [0.15, 0.2) is 0 Å². The molecule has 1 aliphatic carbocycles. The zero-order valence-electron chi connectivity index (χ0n) is 9.43. The van der Waals surface area contributed by atoms with Gasteiger partial charge in [-0.2, -0.15) is 0 Å². The van der Waals surface area contributed by atoms with Crippen LogP contribution < -0.4 is 10.6 Å². The Hall–Kier alpha value is -0.570. The van der Waals surface area contributed by atoms with Gasteiger partial charge in [-0.15, -0.1) is 0 Å². The Balaban J connectivity index is 1.77. The number of nitrogens with one attached hydrogen (secondary N) is 2. The molecular formula is C12H22N2O. The van der Waals surface area contributed by atoms with E-state index in [1.165, 1.54) is 44.9 Å². The lowest BCUT2D eigenvalue weighted by atomic mass is 10.1. The highest BCUT2D eigenvalue weighted by atomic mass is 16.2. The van der Waals surface area contributed by atoms with Gasteiger partial charge in [-0.3, -0.25) is 4.79 Å². The molecule has 1 saturated heterocycles. The number of rotatable bonds is 2. The van der Waals surface area contributed by atoms with E-state index in [4.69, 9.17) is 0 Å². The van der Waals surface area contributed by atoms with Gasteiger partial charge in [-0.05, 0) is 32.2 Å². The van der Waals surface area contributed by atoms with Gasteiger partial charge < -0.3 is 10.6 Å². The first-order chi connectivity index (χ1) is 7.36. The summed E-state index contributed by atoms with van der Waals surface area (Å²) < 4.78 is 0. The third-order valence-electron chi connectivity index (χ3n) is 3.58. The Morgan fingerprint density at radius 1 is 1.00 bits per heavy atom. The summed E-state index contributed by atoms with van der Waals surface area (Å²) in [7, 11) is 0. The van der Waals surface area contributed by atoms with Crippen LogP contribution in [0.25, 0.3) is 0 Å². The number of carbonyl (C=O) groups is 1. The van der Waals surface area contributed by atoms with Crippen molar-refractivity contribution in [2.45, 2.75) is 63.5 Å². The summed E-state index contributed by atoms with van der Waals surface area (Å²) in [5.74, 6) is 0.240. The molecule has 1 unspecified atom stereocenters. The third kappa shape index (κ3) is 3.20. The molecule has 0 aromatic carbocycles. The first kappa shape index (κ1) is 10.9. The lowest BCUT2D eigenvalue weighted by Gasteiger charge is -2.19. The maximum absolute atomic E-state index is 11.9. The Morgan fingerprint density at radius 2 is 1.73 bits per heavy atom. The fourth-order valence-corrected chi connectivity index (χ4v) is 2.62. The van der Waals surface area contributed by atoms with Crippen LogP contribution in [0.15, 0.2) is 0 Å². The van der Waals surface area contributed by atoms with Crippen molar-refractivity contribution < 1.29 is 4.79 Å². The van der Waals surface area contributed by atoms with E-state index in [1.807, 2.05) is 0 Å². The molecule has 0 radical (unpaired) electrons. The summed E-state index contributed by atoms with van der Waals surface area (Å²) in [5, 5.41) is 6.52. The summed E-state index contributed by atoms with van der Waals surface area (Å²) >= 11 is 0. The second kappa shape index (κ2) is 5.50. The normalized spacial score (nSPS) is 28.7. The first-order valence-electron chi connectivity index (χ1n) is 6.40. The van der Waals surface area contributed by atoms with E-state index >= 15 is 0 Å². The van der Waals surface area contributed by atoms with Gasteiger partial charge in [0.2, 0.25) is 5.91 Å². The monoisotopic (exact) mass is 210 g/mol. The van der Waals surface area contributed by atoms with Gasteiger partial charge in [0, 0.05) is 6.04 Å². The van der Waals surface area contributed by atoms with Crippen molar-refractivity contribution in [2.75, 3.05) is 6.54 Å². The van der Waals surface area contributed by atoms with Crippen LogP contribution in [0.5, 0.6) is 0 Å². The highest BCUT2D eigenvalue weighted by Gasteiger charge is 2.23. The van der Waals surface area contributed by atoms with Gasteiger partial charge in [0.1, 0.15) is 0 Å². The zero-order chi connectivity index (χ0) is 10.5. The van der Waals surface area contributed by atoms with Crippen LogP contribution in [0.2, 0.25) is 0 Å². The van der Waals surface area contributed by atoms with E-state index in [0.717, 1.165) is 13.0 Å². The Bertz CT molecular complexity index is 204. The molecule has 0 aromatic heterocycles. The molecule has 2 aliphatic rings. The number of amides is 1. The SMILES string of the molecule is O=C(NC1CCCC1)C1CCCCCN1. The number of carbonyl (C=O) groups excluding carboxylic acids is 1. The molecule has 1 heterocycles. The van der Waals surface area contributed by atoms with E-state index in [9.17, 15) is 4.79 Å². The molecule has 1 saturated carbocycles. The molecule has 3 nitrogen and oxygen atoms in total. The summed E-state index contributed by atoms with van der Waals surface area (Å²) in [6.07, 6.45) is 9.60. The van der Waals surface area contributed by atoms with Crippen molar-refractivity contribution in [3.63, 3.8) is 0 Å². The topological polar surface area (TPSA) is 41.1 Å². The molecule has 3 heteroatoms. The van der Waals surface area contributed by atoms with Crippen LogP contribution in [0.3, 0.4) is 0 Å². The molecule has 0 aromatic rings. The van der Waals surface area contributed by atoms with E-state index in [0.29, 0.717) is 6.04 Å². The first-order valence-corrected chi connectivity index (χ1v) is 6.40. The average Bonchev–Trinajstić information content (AvgIpc) is 2.58. The molecule has 0 spiro atoms. The molecule has 2 N–H and O–H groups in total. The molecule has 1 amide bonds. The van der Waals surface area contributed by atoms with Gasteiger partial charge >= 0.3 is 0 Å². The lowest BCUT2D eigenvalue weighted by molar-refractivity contribution is -0.123. The van der Waals surface area contributed by atoms with Crippen LogP contribution in [0.4, 0.5) is 0 Å². The quantitative estimate of drug-likeness (QED) is 0.726. The standard InChI is InChI=1S/C12H22N2O/c15-12(14-10-6-3-4-7-10)11-8-2-1-5-9-13-11/h10-11,13H,1-9H2,(H,14,15). The molecule has 2 fully saturated rings. The predicted molar refractivity (Wildman–Crippen MR) is 60.7 cm³/mol. The summed E-state index contributed by atoms with van der Waals surface area (Å²) in [6.45, 7) is 1.00. The van der Waals surface area contributed by atoms with Gasteiger partial charge in [-0.1, -0.05) is 25.7 Å². The Kier molecular flexibility index (Phi) is 4.01. The molecule has 0 bridgehead atoms. The molecule has 15 heavy (non-hydrogen) atoms. The van der Waals surface area contributed by atoms with Crippen LogP contribution >= 0.6 is 0 Å². The Labute approximate surface area is 92.0 Å². The van der Waals surface area contributed by atoms with Crippen LogP contribution in [-0.2, 0) is 4.79 Å². The van der Waals surface area contributed by atoms with Crippen molar-refractivity contribution in [3.8, 4) is 0 Å². The summed E-state index contributed by atoms with van der Waals surface area (Å²) in [6, 6.07) is 0.538. The van der Waals surface area contributed by atoms with Crippen LogP contribution in [-0.4, -0.2) is 24.5 Å². The van der Waals surface area contributed by atoms with Gasteiger partial charge in [-0.25, -0.2) is 0 Å². The van der Waals surface area contributed by atoms with Crippen LogP contribution in [0.1, 0.15) is 51.4 Å². The van der Waals surface area contributed by atoms with E-state index in [2.05, 4.69) is 10.6 Å². The average molecular weight is 210 g/mol. The summed E-state index contributed by atoms with van der Waals surface area (Å²) in [4.78, 5) is 11.9. The van der Waals surface area contributed by atoms with Crippen LogP contribution in [0, 0.1) is 0 Å². The van der Waals surface area contributed by atoms with E-state index < -0.39 is 0 Å². The van der Waals surface area contributed by atoms with Crippen molar-refractivity contribution >= 4 is 5.91 Å². The fraction of sp³-hybridized carbons (Fsp3) is 0.917. The fourth-order valence-electron chi connectivity index (χ4n) is 2.62. The van der Waals surface area contributed by atoms with E-state index in [1.54, 1.807) is 0 Å². The molecule has 2 rings (SSSR count). The second-order valence-electron chi connectivity index (χ2n) is 4.85. The smallest absolute Gasteiger partial charge is 0.237 e. The minimum Gasteiger partial charge on any atom is -0.352 e. The van der Waals surface area contributed by atoms with Crippen molar-refractivity contribution in [2.24, 2.45) is 0 Å². The molecule has 86 valence electrons. The van der Waals surface area contributed by atoms with Crippen molar-refractivity contribution in [1.82, 2.24) is 10.6 Å². The second-order valence-corrected chi connectivity index (χ2v) is 4.85. The molecular weight excluding hydrogens is 188 g/mol. The minimum absolute atomic E-state index is 0.0769. The zero-order valence-corrected chi connectivity index (χ0v) is 9.43. The van der Waals surface area contributed by atoms with E-state index in [-0.39, 0.29) is 11.9 Å². The lowest BCUT2D eigenvalue weighted by Crippen LogP contribution is -2.46. The largest absolute Gasteiger partial charge is 0.352 e. The molecule has 1 atom stereocenters. The van der Waals surface area contributed by atoms with Gasteiger partial charge in [0.05, 0.1) is 6.04 Å². The number of hydrogen-bond acceptors (Lipinski definition) is 2. The van der Waals surface area contributed by atoms with Gasteiger partial charge in [0.25, 0.3) is 0 Å². The minimum atomic E-state index is 0.0769. The summed E-state index contributed by atoms with van der Waals surface area (Å²) in [5.41, 5.74) is 0. The maximum atomic E-state index is 11.9. The Morgan fingerprint density at radius 3 is 2.53 bits per heavy atom. The molecule has 1 aliphatic heterocycles.